The number of hydrogen-bond donors (Lipinski definition) is 4. The van der Waals surface area contributed by atoms with Crippen LogP contribution in [0, 0.1) is 0 Å². The first-order valence-electron chi connectivity index (χ1n) is 15.7. The number of anilines is 3. The molecule has 0 saturated heterocycles. The number of nitrogens with one attached hydrogen (secondary N) is 3. The number of carbonyl (C=O) groups excluding carboxylic acids is 1. The van der Waals surface area contributed by atoms with Gasteiger partial charge in [0.25, 0.3) is 0 Å². The summed E-state index contributed by atoms with van der Waals surface area (Å²) in [4.78, 5) is 19.4. The number of nitrogens with zero attached hydrogens (tertiary/aromatic N) is 1. The van der Waals surface area contributed by atoms with Gasteiger partial charge < -0.3 is 21.1 Å². The van der Waals surface area contributed by atoms with Crippen LogP contribution in [0.4, 0.5) is 17.1 Å². The van der Waals surface area contributed by atoms with Crippen LogP contribution in [-0.4, -0.2) is 33.0 Å². The summed E-state index contributed by atoms with van der Waals surface area (Å²) in [5, 5.41) is 28.3. The number of alkyl halides is 2. The largest absolute Gasteiger partial charge is 0.506 e. The van der Waals surface area contributed by atoms with E-state index in [1.165, 1.54) is 0 Å². The number of aliphatic hydroxyl groups is 1. The van der Waals surface area contributed by atoms with E-state index in [2.05, 4.69) is 34.1 Å². The molecular formula is C36H32Cl2N4O2. The topological polar surface area (TPSA) is 85.8 Å². The molecule has 4 aromatic rings. The predicted molar refractivity (Wildman–Crippen MR) is 179 cm³/mol. The van der Waals surface area contributed by atoms with E-state index in [1.54, 1.807) is 0 Å². The van der Waals surface area contributed by atoms with Gasteiger partial charge in [0, 0.05) is 27.2 Å². The van der Waals surface area contributed by atoms with Crippen LogP contribution >= 0.6 is 23.2 Å². The van der Waals surface area contributed by atoms with Gasteiger partial charge in [-0.15, -0.1) is 23.2 Å². The van der Waals surface area contributed by atoms with E-state index in [-0.39, 0.29) is 22.3 Å². The maximum Gasteiger partial charge on any atom is 0.201 e. The number of allylic oxidation sites excluding steroid dienone is 2. The Morgan fingerprint density at radius 1 is 0.750 bits per heavy atom. The molecule has 9 rings (SSSR count). The summed E-state index contributed by atoms with van der Waals surface area (Å²) in [7, 11) is 0. The van der Waals surface area contributed by atoms with Crippen molar-refractivity contribution in [1.82, 2.24) is 0 Å². The molecule has 222 valence electrons. The fourth-order valence-corrected chi connectivity index (χ4v) is 9.00. The maximum absolute atomic E-state index is 14.2. The molecule has 2 spiro atoms. The molecule has 4 N–H and O–H groups in total. The second-order valence-corrected chi connectivity index (χ2v) is 14.0. The van der Waals surface area contributed by atoms with Crippen molar-refractivity contribution in [3.05, 3.63) is 82.6 Å². The molecule has 3 aliphatic carbocycles. The van der Waals surface area contributed by atoms with Crippen LogP contribution < -0.4 is 26.5 Å². The highest BCUT2D eigenvalue weighted by atomic mass is 35.5. The molecule has 2 aliphatic heterocycles. The molecule has 4 atom stereocenters. The molecule has 4 aromatic carbocycles. The molecule has 0 aromatic heterocycles. The van der Waals surface area contributed by atoms with Crippen LogP contribution in [-0.2, 0) is 4.79 Å². The third-order valence-electron chi connectivity index (χ3n) is 10.5. The zero-order chi connectivity index (χ0) is 29.8. The smallest absolute Gasteiger partial charge is 0.201 e. The van der Waals surface area contributed by atoms with Crippen LogP contribution in [0.5, 0.6) is 0 Å². The summed E-state index contributed by atoms with van der Waals surface area (Å²) in [5.41, 5.74) is 2.87. The van der Waals surface area contributed by atoms with Crippen molar-refractivity contribution in [2.75, 3.05) is 16.0 Å². The van der Waals surface area contributed by atoms with E-state index in [1.807, 2.05) is 42.5 Å². The normalized spacial score (nSPS) is 30.1. The van der Waals surface area contributed by atoms with E-state index in [9.17, 15) is 9.90 Å². The minimum Gasteiger partial charge on any atom is -0.506 e. The van der Waals surface area contributed by atoms with Crippen molar-refractivity contribution in [2.24, 2.45) is 4.99 Å². The summed E-state index contributed by atoms with van der Waals surface area (Å²) in [5.74, 6) is -0.158. The lowest BCUT2D eigenvalue weighted by Gasteiger charge is -2.47. The molecule has 2 saturated carbocycles. The molecule has 0 amide bonds. The number of ketones is 1. The average molecular weight is 624 g/mol. The fraction of sp³-hybridized carbons (Fsp3) is 0.333. The highest BCUT2D eigenvalue weighted by molar-refractivity contribution is 6.52. The number of rotatable bonds is 1. The molecule has 8 heteroatoms. The van der Waals surface area contributed by atoms with Crippen LogP contribution in [0.15, 0.2) is 71.4 Å². The van der Waals surface area contributed by atoms with Crippen molar-refractivity contribution in [3.8, 4) is 0 Å². The average Bonchev–Trinajstić information content (AvgIpc) is 3.03. The number of aliphatic hydroxyl groups excluding tert-OH is 1. The first-order valence-corrected chi connectivity index (χ1v) is 16.6. The summed E-state index contributed by atoms with van der Waals surface area (Å²) < 4.78 is 0. The molecule has 4 unspecified atom stereocenters. The summed E-state index contributed by atoms with van der Waals surface area (Å²) in [6.07, 6.45) is 7.68. The van der Waals surface area contributed by atoms with Crippen molar-refractivity contribution >= 4 is 78.7 Å². The number of halogens is 2. The van der Waals surface area contributed by atoms with Gasteiger partial charge in [0.2, 0.25) is 5.78 Å². The van der Waals surface area contributed by atoms with Gasteiger partial charge >= 0.3 is 0 Å². The third-order valence-corrected chi connectivity index (χ3v) is 11.7. The Labute approximate surface area is 264 Å². The second-order valence-electron chi connectivity index (χ2n) is 13.0. The second kappa shape index (κ2) is 9.38. The van der Waals surface area contributed by atoms with Crippen molar-refractivity contribution < 1.29 is 9.90 Å². The monoisotopic (exact) mass is 622 g/mol. The molecule has 2 heterocycles. The SMILES string of the molecule is O=C1C(c2ccc3cccc4c3c2NC2(CCCCC2Cl)N4)=C(O)/C1=c1/ccc2cccc3c2c1NC1(CCCCC1Cl)N=3. The highest BCUT2D eigenvalue weighted by Gasteiger charge is 2.46. The molecule has 2 fully saturated rings. The van der Waals surface area contributed by atoms with Crippen LogP contribution in [0.1, 0.15) is 56.9 Å². The molecule has 5 aliphatic rings. The van der Waals surface area contributed by atoms with Gasteiger partial charge in [-0.05, 0) is 61.4 Å². The molecule has 0 radical (unpaired) electrons. The lowest BCUT2D eigenvalue weighted by molar-refractivity contribution is -0.109. The molecule has 44 heavy (non-hydrogen) atoms. The fourth-order valence-electron chi connectivity index (χ4n) is 8.26. The molecular weight excluding hydrogens is 591 g/mol. The van der Waals surface area contributed by atoms with Gasteiger partial charge in [-0.3, -0.25) is 9.79 Å². The van der Waals surface area contributed by atoms with E-state index in [0.717, 1.165) is 95.3 Å². The molecule has 0 bridgehead atoms. The van der Waals surface area contributed by atoms with Crippen LogP contribution in [0.3, 0.4) is 0 Å². The zero-order valence-electron chi connectivity index (χ0n) is 24.1. The highest BCUT2D eigenvalue weighted by Crippen LogP contribution is 2.50. The minimum absolute atomic E-state index is 0.0149. The van der Waals surface area contributed by atoms with Crippen molar-refractivity contribution in [1.29, 1.82) is 0 Å². The van der Waals surface area contributed by atoms with Gasteiger partial charge in [-0.25, -0.2) is 0 Å². The standard InChI is InChI=1S/C36H32Cl2N4O2/c37-25-11-1-3-17-35(25)39-23-9-5-7-19-13-15-21(31(41-35)27(19)23)29-33(43)30(34(29)44)22-16-14-20-8-6-10-24-28(20)32(22)42-36(40-24)18-4-2-12-26(36)38/h5-10,13-16,25-26,39,41-43H,1-4,11-12,17-18H2/b30-22+. The van der Waals surface area contributed by atoms with Gasteiger partial charge in [0.15, 0.2) is 0 Å². The predicted octanol–water partition coefficient (Wildman–Crippen LogP) is 7.33. The number of benzene rings is 4. The Bertz CT molecular complexity index is 2110. The summed E-state index contributed by atoms with van der Waals surface area (Å²) >= 11 is 13.9. The van der Waals surface area contributed by atoms with Gasteiger partial charge in [0.1, 0.15) is 17.1 Å². The Balaban J connectivity index is 1.25. The number of carbonyl (C=O) groups is 1. The van der Waals surface area contributed by atoms with E-state index in [0.29, 0.717) is 21.9 Å². The lowest BCUT2D eigenvalue weighted by Crippen LogP contribution is -2.56. The quantitative estimate of drug-likeness (QED) is 0.167. The summed E-state index contributed by atoms with van der Waals surface area (Å²) in [6.45, 7) is 0. The third kappa shape index (κ3) is 3.55. The Morgan fingerprint density at radius 2 is 1.50 bits per heavy atom. The van der Waals surface area contributed by atoms with Gasteiger partial charge in [-0.1, -0.05) is 61.4 Å². The first kappa shape index (κ1) is 26.6. The Morgan fingerprint density at radius 3 is 2.30 bits per heavy atom. The van der Waals surface area contributed by atoms with E-state index in [4.69, 9.17) is 28.2 Å². The number of hydrogen-bond acceptors (Lipinski definition) is 6. The lowest BCUT2D eigenvalue weighted by atomic mass is 9.78. The maximum atomic E-state index is 14.2. The summed E-state index contributed by atoms with van der Waals surface area (Å²) in [6, 6.07) is 20.2. The van der Waals surface area contributed by atoms with Gasteiger partial charge in [-0.2, -0.15) is 0 Å². The van der Waals surface area contributed by atoms with E-state index >= 15 is 0 Å². The Kier molecular flexibility index (Phi) is 5.68. The van der Waals surface area contributed by atoms with Crippen molar-refractivity contribution in [3.63, 3.8) is 0 Å². The van der Waals surface area contributed by atoms with Crippen LogP contribution in [0.25, 0.3) is 32.7 Å². The zero-order valence-corrected chi connectivity index (χ0v) is 25.7. The number of Topliss-reactive ketones (excluding diaryl/α,β-unsaturated/α-hetero) is 1. The minimum atomic E-state index is -0.644. The first-order chi connectivity index (χ1) is 21.4. The molecule has 6 nitrogen and oxygen atoms in total. The van der Waals surface area contributed by atoms with Crippen LogP contribution in [0.2, 0.25) is 0 Å². The van der Waals surface area contributed by atoms with Gasteiger partial charge in [0.05, 0.1) is 38.6 Å². The Hall–Kier alpha value is -3.74. The van der Waals surface area contributed by atoms with Crippen molar-refractivity contribution in [2.45, 2.75) is 73.4 Å². The van der Waals surface area contributed by atoms with E-state index < -0.39 is 11.3 Å².